The number of aliphatic hydroxyl groups is 2. The molecule has 1 aliphatic heterocycles. The molecule has 0 bridgehead atoms. The number of nitrogen functional groups attached to an aromatic ring is 1. The van der Waals surface area contributed by atoms with Crippen LogP contribution in [0.3, 0.4) is 0 Å². The van der Waals surface area contributed by atoms with Crippen LogP contribution in [0.1, 0.15) is 19.6 Å². The molecule has 2 aromatic rings. The topological polar surface area (TPSA) is 148 Å². The predicted molar refractivity (Wildman–Crippen MR) is 89.0 cm³/mol. The largest absolute Gasteiger partial charge is 0.390 e. The molecule has 2 aromatic heterocycles. The number of nitrogens with two attached hydrogens (primary N) is 1. The van der Waals surface area contributed by atoms with Gasteiger partial charge in [0.05, 0.1) is 12.6 Å². The number of fused-ring (bicyclic) bond motifs is 1. The minimum Gasteiger partial charge on any atom is -0.390 e. The predicted octanol–water partition coefficient (Wildman–Crippen LogP) is -1.53. The third-order valence-corrected chi connectivity index (χ3v) is 4.36. The van der Waals surface area contributed by atoms with Crippen molar-refractivity contribution >= 4 is 17.1 Å². The van der Waals surface area contributed by atoms with Crippen molar-refractivity contribution in [1.29, 1.82) is 0 Å². The summed E-state index contributed by atoms with van der Waals surface area (Å²) in [4.78, 5) is 31.1. The number of terminal acetylenes is 1. The summed E-state index contributed by atoms with van der Waals surface area (Å²) < 4.78 is 21.6. The molecule has 1 aliphatic rings. The number of aliphatic hydroxyl groups excluding tert-OH is 2. The van der Waals surface area contributed by atoms with Crippen molar-refractivity contribution in [1.82, 2.24) is 19.1 Å². The zero-order chi connectivity index (χ0) is 19.2. The Labute approximate surface area is 146 Å². The number of alkyl halides is 1. The molecule has 10 nitrogen and oxygen atoms in total. The third kappa shape index (κ3) is 2.59. The van der Waals surface area contributed by atoms with Crippen LogP contribution in [0.25, 0.3) is 11.2 Å². The molecule has 0 saturated carbocycles. The number of nitrogens with one attached hydrogen (secondary N) is 1. The number of H-pyrrole nitrogens is 1. The van der Waals surface area contributed by atoms with Crippen LogP contribution < -0.4 is 17.0 Å². The number of halogens is 1. The van der Waals surface area contributed by atoms with Gasteiger partial charge in [-0.3, -0.25) is 14.3 Å². The standard InChI is InChI=1S/C15H18FN5O5/c1-3-5-20-8-11(18-14(17)19-12(8)24)21(15(20)25)13-9(23)7(16)10(26-13)6(22)4-2/h1,6-7,9-10,13,22-23H,4-5H2,2H3,(H3,17,18,19,24)/t6-,7+,9+,10+,13+/m0/s1. The van der Waals surface area contributed by atoms with Crippen molar-refractivity contribution in [2.45, 2.75) is 50.6 Å². The molecular weight excluding hydrogens is 349 g/mol. The number of hydrogen-bond donors (Lipinski definition) is 4. The van der Waals surface area contributed by atoms with E-state index < -0.39 is 42.0 Å². The Balaban J connectivity index is 2.23. The molecular formula is C15H18FN5O5. The van der Waals surface area contributed by atoms with E-state index in [0.29, 0.717) is 0 Å². The van der Waals surface area contributed by atoms with E-state index in [2.05, 4.69) is 15.9 Å². The molecule has 11 heteroatoms. The average molecular weight is 367 g/mol. The van der Waals surface area contributed by atoms with Crippen LogP contribution in [0.2, 0.25) is 0 Å². The van der Waals surface area contributed by atoms with E-state index in [-0.39, 0.29) is 30.1 Å². The number of ether oxygens (including phenoxy) is 1. The summed E-state index contributed by atoms with van der Waals surface area (Å²) in [6.45, 7) is 1.37. The second-order valence-electron chi connectivity index (χ2n) is 5.97. The number of rotatable bonds is 4. The maximum atomic E-state index is 14.4. The van der Waals surface area contributed by atoms with Crippen LogP contribution in [0.5, 0.6) is 0 Å². The van der Waals surface area contributed by atoms with Gasteiger partial charge in [0.2, 0.25) is 5.95 Å². The van der Waals surface area contributed by atoms with Gasteiger partial charge in [-0.05, 0) is 6.42 Å². The molecule has 5 N–H and O–H groups in total. The van der Waals surface area contributed by atoms with Gasteiger partial charge in [-0.15, -0.1) is 6.42 Å². The van der Waals surface area contributed by atoms with Crippen LogP contribution in [-0.4, -0.2) is 53.8 Å². The smallest absolute Gasteiger partial charge is 0.333 e. The highest BCUT2D eigenvalue weighted by Crippen LogP contribution is 2.34. The lowest BCUT2D eigenvalue weighted by Gasteiger charge is -2.18. The van der Waals surface area contributed by atoms with E-state index in [1.807, 2.05) is 0 Å². The van der Waals surface area contributed by atoms with Crippen LogP contribution in [-0.2, 0) is 11.3 Å². The maximum Gasteiger partial charge on any atom is 0.333 e. The number of aromatic amines is 1. The minimum absolute atomic E-state index is 0.173. The van der Waals surface area contributed by atoms with Gasteiger partial charge in [-0.2, -0.15) is 4.98 Å². The molecule has 140 valence electrons. The Kier molecular flexibility index (Phi) is 4.57. The monoisotopic (exact) mass is 367 g/mol. The highest BCUT2D eigenvalue weighted by Gasteiger charge is 2.49. The Morgan fingerprint density at radius 1 is 1.54 bits per heavy atom. The van der Waals surface area contributed by atoms with Crippen molar-refractivity contribution in [3.05, 3.63) is 20.8 Å². The van der Waals surface area contributed by atoms with E-state index in [9.17, 15) is 24.2 Å². The Morgan fingerprint density at radius 2 is 2.23 bits per heavy atom. The zero-order valence-corrected chi connectivity index (χ0v) is 13.8. The fourth-order valence-electron chi connectivity index (χ4n) is 3.08. The molecule has 3 rings (SSSR count). The van der Waals surface area contributed by atoms with Crippen molar-refractivity contribution in [2.75, 3.05) is 5.73 Å². The first-order valence-electron chi connectivity index (χ1n) is 7.91. The first-order chi connectivity index (χ1) is 12.3. The molecule has 5 atom stereocenters. The molecule has 0 radical (unpaired) electrons. The molecule has 0 aliphatic carbocycles. The fraction of sp³-hybridized carbons (Fsp3) is 0.533. The number of imidazole rings is 1. The van der Waals surface area contributed by atoms with E-state index in [0.717, 1.165) is 9.13 Å². The van der Waals surface area contributed by atoms with E-state index in [4.69, 9.17) is 16.9 Å². The minimum atomic E-state index is -1.94. The first-order valence-corrected chi connectivity index (χ1v) is 7.91. The second-order valence-corrected chi connectivity index (χ2v) is 5.97. The van der Waals surface area contributed by atoms with Gasteiger partial charge in [-0.25, -0.2) is 13.8 Å². The van der Waals surface area contributed by atoms with Crippen molar-refractivity contribution in [3.63, 3.8) is 0 Å². The summed E-state index contributed by atoms with van der Waals surface area (Å²) in [5, 5.41) is 20.1. The summed E-state index contributed by atoms with van der Waals surface area (Å²) in [5.74, 6) is 1.96. The molecule has 1 fully saturated rings. The average Bonchev–Trinajstić information content (AvgIpc) is 3.03. The van der Waals surface area contributed by atoms with Crippen LogP contribution >= 0.6 is 0 Å². The van der Waals surface area contributed by atoms with Crippen LogP contribution in [0, 0.1) is 12.3 Å². The number of anilines is 1. The van der Waals surface area contributed by atoms with E-state index in [1.54, 1.807) is 6.92 Å². The SMILES string of the molecule is C#CCn1c(=O)n([C@@H]2O[C@H]([C@@H](O)CC)[C@H](F)[C@H]2O)c2nc(N)[nH]c(=O)c21. The number of hydrogen-bond acceptors (Lipinski definition) is 7. The van der Waals surface area contributed by atoms with Crippen molar-refractivity contribution in [2.24, 2.45) is 0 Å². The Hall–Kier alpha value is -2.68. The lowest BCUT2D eigenvalue weighted by atomic mass is 10.1. The normalized spacial score (nSPS) is 26.9. The molecule has 0 aromatic carbocycles. The van der Waals surface area contributed by atoms with Gasteiger partial charge >= 0.3 is 5.69 Å². The summed E-state index contributed by atoms with van der Waals surface area (Å²) >= 11 is 0. The lowest BCUT2D eigenvalue weighted by molar-refractivity contribution is -0.0799. The molecule has 3 heterocycles. The van der Waals surface area contributed by atoms with Crippen molar-refractivity contribution in [3.8, 4) is 12.3 Å². The van der Waals surface area contributed by atoms with Crippen LogP contribution in [0.4, 0.5) is 10.3 Å². The molecule has 0 unspecified atom stereocenters. The van der Waals surface area contributed by atoms with Gasteiger partial charge < -0.3 is 20.7 Å². The molecule has 0 spiro atoms. The van der Waals surface area contributed by atoms with Gasteiger partial charge in [0, 0.05) is 0 Å². The Morgan fingerprint density at radius 3 is 2.85 bits per heavy atom. The number of aromatic nitrogens is 4. The molecule has 1 saturated heterocycles. The fourth-order valence-corrected chi connectivity index (χ4v) is 3.08. The quantitative estimate of drug-likeness (QED) is 0.479. The lowest BCUT2D eigenvalue weighted by Crippen LogP contribution is -2.36. The van der Waals surface area contributed by atoms with Gasteiger partial charge in [0.25, 0.3) is 5.56 Å². The molecule has 26 heavy (non-hydrogen) atoms. The summed E-state index contributed by atoms with van der Waals surface area (Å²) in [7, 11) is 0. The number of nitrogens with zero attached hydrogens (tertiary/aromatic N) is 3. The first kappa shape index (κ1) is 18.1. The maximum absolute atomic E-state index is 14.4. The van der Waals surface area contributed by atoms with Crippen molar-refractivity contribution < 1.29 is 19.3 Å². The Bertz CT molecular complexity index is 989. The highest BCUT2D eigenvalue weighted by atomic mass is 19.1. The highest BCUT2D eigenvalue weighted by molar-refractivity contribution is 5.72. The van der Waals surface area contributed by atoms with Gasteiger partial charge in [-0.1, -0.05) is 12.8 Å². The summed E-state index contributed by atoms with van der Waals surface area (Å²) in [5.41, 5.74) is 3.63. The molecule has 0 amide bonds. The van der Waals surface area contributed by atoms with Gasteiger partial charge in [0.15, 0.2) is 23.6 Å². The third-order valence-electron chi connectivity index (χ3n) is 4.36. The van der Waals surface area contributed by atoms with Crippen LogP contribution in [0.15, 0.2) is 9.59 Å². The van der Waals surface area contributed by atoms with E-state index >= 15 is 0 Å². The second kappa shape index (κ2) is 6.56. The zero-order valence-electron chi connectivity index (χ0n) is 13.8. The van der Waals surface area contributed by atoms with E-state index in [1.165, 1.54) is 0 Å². The summed E-state index contributed by atoms with van der Waals surface area (Å²) in [6.07, 6.45) is -2.29. The summed E-state index contributed by atoms with van der Waals surface area (Å²) in [6, 6.07) is 0. The van der Waals surface area contributed by atoms with Gasteiger partial charge in [0.1, 0.15) is 12.2 Å².